The number of hydrogen-bond donors (Lipinski definition) is 2. The van der Waals surface area contributed by atoms with E-state index in [4.69, 9.17) is 0 Å². The van der Waals surface area contributed by atoms with Crippen LogP contribution in [0.3, 0.4) is 0 Å². The Bertz CT molecular complexity index is 561. The van der Waals surface area contributed by atoms with Crippen molar-refractivity contribution in [2.45, 2.75) is 12.8 Å². The van der Waals surface area contributed by atoms with Crippen molar-refractivity contribution < 1.29 is 0 Å². The minimum absolute atomic E-state index is 0.940. The Morgan fingerprint density at radius 3 is 3.28 bits per heavy atom. The van der Waals surface area contributed by atoms with Gasteiger partial charge in [0.2, 0.25) is 0 Å². The third-order valence-corrected chi connectivity index (χ3v) is 4.05. The van der Waals surface area contributed by atoms with E-state index >= 15 is 0 Å². The monoisotopic (exact) mass is 260 g/mol. The maximum absolute atomic E-state index is 4.32. The average molecular weight is 260 g/mol. The van der Waals surface area contributed by atoms with E-state index in [0.717, 1.165) is 42.1 Å². The Kier molecular flexibility index (Phi) is 3.52. The van der Waals surface area contributed by atoms with Crippen molar-refractivity contribution in [3.05, 3.63) is 29.4 Å². The summed E-state index contributed by atoms with van der Waals surface area (Å²) in [4.78, 5) is 8.56. The van der Waals surface area contributed by atoms with Crippen molar-refractivity contribution >= 4 is 27.4 Å². The van der Waals surface area contributed by atoms with E-state index in [1.807, 2.05) is 6.07 Å². The second-order valence-corrected chi connectivity index (χ2v) is 5.27. The second-order valence-electron chi connectivity index (χ2n) is 4.35. The van der Waals surface area contributed by atoms with Crippen LogP contribution in [0, 0.1) is 0 Å². The molecule has 0 saturated heterocycles. The number of thiophene rings is 1. The molecule has 2 aromatic heterocycles. The minimum atomic E-state index is 0.940. The number of nitrogens with one attached hydrogen (secondary N) is 2. The lowest BCUT2D eigenvalue weighted by molar-refractivity contribution is 0.683. The van der Waals surface area contributed by atoms with Crippen LogP contribution in [0.2, 0.25) is 0 Å². The Morgan fingerprint density at radius 2 is 2.39 bits per heavy atom. The molecule has 0 unspecified atom stereocenters. The van der Waals surface area contributed by atoms with Gasteiger partial charge in [0.1, 0.15) is 12.1 Å². The molecule has 0 atom stereocenters. The number of hydrogen-bond acceptors (Lipinski definition) is 5. The quantitative estimate of drug-likeness (QED) is 0.829. The summed E-state index contributed by atoms with van der Waals surface area (Å²) in [5.41, 5.74) is 2.57. The van der Waals surface area contributed by atoms with Gasteiger partial charge in [0.05, 0.1) is 10.2 Å². The minimum Gasteiger partial charge on any atom is -0.368 e. The van der Waals surface area contributed by atoms with Gasteiger partial charge in [0, 0.05) is 13.1 Å². The molecule has 1 aliphatic heterocycles. The molecule has 0 radical (unpaired) electrons. The van der Waals surface area contributed by atoms with E-state index in [9.17, 15) is 0 Å². The van der Waals surface area contributed by atoms with Crippen LogP contribution in [-0.2, 0) is 0 Å². The molecule has 5 heteroatoms. The lowest BCUT2D eigenvalue weighted by Gasteiger charge is -2.14. The Morgan fingerprint density at radius 1 is 1.39 bits per heavy atom. The molecule has 1 aliphatic rings. The molecule has 0 spiro atoms. The summed E-state index contributed by atoms with van der Waals surface area (Å²) in [7, 11) is 0. The number of rotatable bonds is 4. The zero-order chi connectivity index (χ0) is 12.2. The molecular weight excluding hydrogens is 244 g/mol. The molecule has 2 N–H and O–H groups in total. The van der Waals surface area contributed by atoms with E-state index in [0.29, 0.717) is 0 Å². The lowest BCUT2D eigenvalue weighted by Crippen LogP contribution is -2.21. The van der Waals surface area contributed by atoms with Gasteiger partial charge in [-0.25, -0.2) is 9.97 Å². The summed E-state index contributed by atoms with van der Waals surface area (Å²) in [6.45, 7) is 3.06. The Balaban J connectivity index is 1.62. The lowest BCUT2D eigenvalue weighted by atomic mass is 10.1. The van der Waals surface area contributed by atoms with Gasteiger partial charge in [-0.1, -0.05) is 11.6 Å². The van der Waals surface area contributed by atoms with Gasteiger partial charge in [0.25, 0.3) is 0 Å². The third kappa shape index (κ3) is 2.52. The molecule has 0 saturated carbocycles. The second kappa shape index (κ2) is 5.46. The van der Waals surface area contributed by atoms with Gasteiger partial charge in [0.15, 0.2) is 0 Å². The van der Waals surface area contributed by atoms with E-state index in [2.05, 4.69) is 32.1 Å². The molecule has 0 bridgehead atoms. The standard InChI is InChI=1S/C13H16N4S/c1-5-14-6-2-10(1)3-7-15-13-12-11(4-8-18-12)16-9-17-13/h1,4,8-9,14H,2-3,5-7H2,(H,15,16,17). The van der Waals surface area contributed by atoms with Crippen LogP contribution in [0.25, 0.3) is 10.2 Å². The van der Waals surface area contributed by atoms with Gasteiger partial charge in [-0.3, -0.25) is 0 Å². The maximum Gasteiger partial charge on any atom is 0.147 e. The maximum atomic E-state index is 4.32. The number of anilines is 1. The van der Waals surface area contributed by atoms with Gasteiger partial charge in [-0.2, -0.15) is 0 Å². The van der Waals surface area contributed by atoms with Crippen molar-refractivity contribution in [3.8, 4) is 0 Å². The summed E-state index contributed by atoms with van der Waals surface area (Å²) in [5, 5.41) is 8.80. The molecule has 94 valence electrons. The molecular formula is C13H16N4S. The van der Waals surface area contributed by atoms with Gasteiger partial charge < -0.3 is 10.6 Å². The highest BCUT2D eigenvalue weighted by atomic mass is 32.1. The van der Waals surface area contributed by atoms with Crippen LogP contribution >= 0.6 is 11.3 Å². The van der Waals surface area contributed by atoms with Crippen LogP contribution in [-0.4, -0.2) is 29.6 Å². The largest absolute Gasteiger partial charge is 0.368 e. The van der Waals surface area contributed by atoms with Crippen molar-refractivity contribution in [3.63, 3.8) is 0 Å². The predicted molar refractivity (Wildman–Crippen MR) is 76.1 cm³/mol. The molecule has 0 aliphatic carbocycles. The first-order chi connectivity index (χ1) is 8.93. The molecule has 4 nitrogen and oxygen atoms in total. The van der Waals surface area contributed by atoms with Crippen molar-refractivity contribution in [1.29, 1.82) is 0 Å². The first kappa shape index (κ1) is 11.6. The fourth-order valence-electron chi connectivity index (χ4n) is 2.15. The topological polar surface area (TPSA) is 49.8 Å². The highest BCUT2D eigenvalue weighted by Crippen LogP contribution is 2.24. The van der Waals surface area contributed by atoms with Crippen LogP contribution in [0.15, 0.2) is 29.4 Å². The van der Waals surface area contributed by atoms with E-state index in [1.54, 1.807) is 17.7 Å². The molecule has 2 aromatic rings. The van der Waals surface area contributed by atoms with Crippen LogP contribution in [0.1, 0.15) is 12.8 Å². The van der Waals surface area contributed by atoms with Gasteiger partial charge in [-0.05, 0) is 30.8 Å². The molecule has 18 heavy (non-hydrogen) atoms. The average Bonchev–Trinajstić information content (AvgIpc) is 2.89. The summed E-state index contributed by atoms with van der Waals surface area (Å²) < 4.78 is 1.15. The SMILES string of the molecule is C1=C(CCNc2ncnc3ccsc23)CCNC1. The third-order valence-electron chi connectivity index (χ3n) is 3.14. The van der Waals surface area contributed by atoms with Gasteiger partial charge >= 0.3 is 0 Å². The van der Waals surface area contributed by atoms with E-state index in [-0.39, 0.29) is 0 Å². The van der Waals surface area contributed by atoms with Crippen molar-refractivity contribution in [2.24, 2.45) is 0 Å². The van der Waals surface area contributed by atoms with Crippen LogP contribution < -0.4 is 10.6 Å². The molecule has 0 aromatic carbocycles. The smallest absolute Gasteiger partial charge is 0.147 e. The summed E-state index contributed by atoms with van der Waals surface area (Å²) >= 11 is 1.69. The Hall–Kier alpha value is -1.46. The first-order valence-electron chi connectivity index (χ1n) is 6.24. The Labute approximate surface area is 110 Å². The number of aromatic nitrogens is 2. The summed E-state index contributed by atoms with van der Waals surface area (Å²) in [6.07, 6.45) is 6.19. The highest BCUT2D eigenvalue weighted by Gasteiger charge is 2.06. The zero-order valence-electron chi connectivity index (χ0n) is 10.1. The summed E-state index contributed by atoms with van der Waals surface area (Å²) in [5.74, 6) is 0.963. The normalized spacial score (nSPS) is 15.7. The predicted octanol–water partition coefficient (Wildman–Crippen LogP) is 2.41. The van der Waals surface area contributed by atoms with E-state index < -0.39 is 0 Å². The van der Waals surface area contributed by atoms with Gasteiger partial charge in [-0.15, -0.1) is 11.3 Å². The van der Waals surface area contributed by atoms with Crippen LogP contribution in [0.4, 0.5) is 5.82 Å². The van der Waals surface area contributed by atoms with Crippen molar-refractivity contribution in [2.75, 3.05) is 25.0 Å². The number of fused-ring (bicyclic) bond motifs is 1. The molecule has 0 amide bonds. The van der Waals surface area contributed by atoms with Crippen molar-refractivity contribution in [1.82, 2.24) is 15.3 Å². The summed E-state index contributed by atoms with van der Waals surface area (Å²) in [6, 6.07) is 2.03. The molecule has 3 rings (SSSR count). The fourth-order valence-corrected chi connectivity index (χ4v) is 2.96. The molecule has 0 fully saturated rings. The fraction of sp³-hybridized carbons (Fsp3) is 0.385. The number of nitrogens with zero attached hydrogens (tertiary/aromatic N) is 2. The first-order valence-corrected chi connectivity index (χ1v) is 7.12. The van der Waals surface area contributed by atoms with E-state index in [1.165, 1.54) is 12.0 Å². The molecule has 3 heterocycles. The zero-order valence-corrected chi connectivity index (χ0v) is 11.0. The van der Waals surface area contributed by atoms with Crippen LogP contribution in [0.5, 0.6) is 0 Å². The highest BCUT2D eigenvalue weighted by molar-refractivity contribution is 7.17.